The molecule has 6 nitrogen and oxygen atoms in total. The number of carbonyl (C=O) groups is 1. The summed E-state index contributed by atoms with van der Waals surface area (Å²) in [5, 5.41) is 3.38. The lowest BCUT2D eigenvalue weighted by molar-refractivity contribution is 0.0950. The molecule has 2 aliphatic heterocycles. The SMILES string of the molecule is O=C(NCc1cccc(F)c1)c1cnc(N2CCN(C3CCN(Cc4ccc(Cl)c(F)c4)CC3)CC2)c(Cl)c1.[HH]. The number of amides is 1. The van der Waals surface area contributed by atoms with Crippen LogP contribution in [0.5, 0.6) is 0 Å². The summed E-state index contributed by atoms with van der Waals surface area (Å²) in [6.45, 7) is 6.36. The van der Waals surface area contributed by atoms with Gasteiger partial charge in [0.1, 0.15) is 17.5 Å². The van der Waals surface area contributed by atoms with Gasteiger partial charge in [-0.2, -0.15) is 0 Å². The lowest BCUT2D eigenvalue weighted by Crippen LogP contribution is -2.53. The summed E-state index contributed by atoms with van der Waals surface area (Å²) in [6, 6.07) is 13.3. The highest BCUT2D eigenvalue weighted by Crippen LogP contribution is 2.27. The molecule has 2 fully saturated rings. The Hall–Kier alpha value is -2.78. The molecule has 2 saturated heterocycles. The molecule has 0 radical (unpaired) electrons. The average Bonchev–Trinajstić information content (AvgIpc) is 2.94. The molecule has 0 atom stereocenters. The number of anilines is 1. The number of nitrogens with zero attached hydrogens (tertiary/aromatic N) is 4. The predicted molar refractivity (Wildman–Crippen MR) is 152 cm³/mol. The molecule has 10 heteroatoms. The van der Waals surface area contributed by atoms with Gasteiger partial charge in [0.05, 0.1) is 15.6 Å². The summed E-state index contributed by atoms with van der Waals surface area (Å²) in [6.07, 6.45) is 3.69. The minimum atomic E-state index is -0.365. The second-order valence-corrected chi connectivity index (χ2v) is 10.9. The summed E-state index contributed by atoms with van der Waals surface area (Å²) in [5.74, 6) is -0.329. The number of benzene rings is 2. The van der Waals surface area contributed by atoms with Gasteiger partial charge in [-0.15, -0.1) is 0 Å². The van der Waals surface area contributed by atoms with Crippen LogP contribution in [0.2, 0.25) is 10.0 Å². The number of hydrogen-bond donors (Lipinski definition) is 1. The molecular formula is C29H33Cl2F2N5O. The summed E-state index contributed by atoms with van der Waals surface area (Å²) < 4.78 is 27.1. The van der Waals surface area contributed by atoms with E-state index >= 15 is 0 Å². The highest BCUT2D eigenvalue weighted by Gasteiger charge is 2.28. The van der Waals surface area contributed by atoms with Crippen LogP contribution >= 0.6 is 23.2 Å². The van der Waals surface area contributed by atoms with Gasteiger partial charge >= 0.3 is 0 Å². The van der Waals surface area contributed by atoms with Gasteiger partial charge < -0.3 is 10.2 Å². The van der Waals surface area contributed by atoms with Gasteiger partial charge in [-0.25, -0.2) is 13.8 Å². The fourth-order valence-electron chi connectivity index (χ4n) is 5.36. The lowest BCUT2D eigenvalue weighted by atomic mass is 10.0. The maximum Gasteiger partial charge on any atom is 0.253 e. The van der Waals surface area contributed by atoms with Crippen molar-refractivity contribution in [2.75, 3.05) is 44.2 Å². The van der Waals surface area contributed by atoms with Crippen LogP contribution < -0.4 is 10.2 Å². The topological polar surface area (TPSA) is 51.7 Å². The maximum absolute atomic E-state index is 13.8. The van der Waals surface area contributed by atoms with Crippen molar-refractivity contribution in [1.29, 1.82) is 0 Å². The molecule has 3 aromatic rings. The van der Waals surface area contributed by atoms with Crippen LogP contribution in [-0.4, -0.2) is 66.0 Å². The molecule has 39 heavy (non-hydrogen) atoms. The molecule has 5 rings (SSSR count). The third-order valence-electron chi connectivity index (χ3n) is 7.50. The van der Waals surface area contributed by atoms with Crippen LogP contribution in [0.15, 0.2) is 54.7 Å². The Morgan fingerprint density at radius 3 is 2.41 bits per heavy atom. The van der Waals surface area contributed by atoms with E-state index in [2.05, 4.69) is 25.0 Å². The number of likely N-dealkylation sites (tertiary alicyclic amines) is 1. The highest BCUT2D eigenvalue weighted by atomic mass is 35.5. The fourth-order valence-corrected chi connectivity index (χ4v) is 5.76. The van der Waals surface area contributed by atoms with Crippen LogP contribution in [-0.2, 0) is 13.1 Å². The molecule has 0 bridgehead atoms. The molecule has 1 N–H and O–H groups in total. The molecule has 0 saturated carbocycles. The van der Waals surface area contributed by atoms with Crippen molar-refractivity contribution in [3.05, 3.63) is 93.1 Å². The third kappa shape index (κ3) is 7.06. The second-order valence-electron chi connectivity index (χ2n) is 10.1. The first-order chi connectivity index (χ1) is 18.9. The fraction of sp³-hybridized carbons (Fsp3) is 0.379. The second kappa shape index (κ2) is 12.6. The largest absolute Gasteiger partial charge is 0.353 e. The van der Waals surface area contributed by atoms with E-state index in [1.54, 1.807) is 24.3 Å². The Balaban J connectivity index is 0.00000370. The first-order valence-corrected chi connectivity index (χ1v) is 13.9. The van der Waals surface area contributed by atoms with Gasteiger partial charge in [-0.05, 0) is 67.4 Å². The van der Waals surface area contributed by atoms with Gasteiger partial charge in [0.25, 0.3) is 5.91 Å². The molecule has 1 amide bonds. The number of hydrogen-bond acceptors (Lipinski definition) is 5. The molecule has 2 aliphatic rings. The van der Waals surface area contributed by atoms with E-state index in [1.165, 1.54) is 24.4 Å². The Morgan fingerprint density at radius 2 is 1.72 bits per heavy atom. The minimum absolute atomic E-state index is 0. The molecular weight excluding hydrogens is 543 g/mol. The summed E-state index contributed by atoms with van der Waals surface area (Å²) in [4.78, 5) is 24.1. The zero-order valence-corrected chi connectivity index (χ0v) is 23.1. The summed E-state index contributed by atoms with van der Waals surface area (Å²) in [7, 11) is 0. The smallest absolute Gasteiger partial charge is 0.253 e. The standard InChI is InChI=1S/C29H31Cl2F2N5O.H2/c30-25-5-4-21(15-27(25)33)19-36-8-6-24(7-9-36)37-10-12-38(13-11-37)28-26(31)16-22(18-34-28)29(39)35-17-20-2-1-3-23(32)14-20;/h1-5,14-16,18,24H,6-13,17,19H2,(H,35,39);1H. The van der Waals surface area contributed by atoms with Crippen molar-refractivity contribution in [2.45, 2.75) is 32.0 Å². The van der Waals surface area contributed by atoms with E-state index in [0.29, 0.717) is 28.0 Å². The summed E-state index contributed by atoms with van der Waals surface area (Å²) >= 11 is 12.4. The van der Waals surface area contributed by atoms with E-state index < -0.39 is 0 Å². The number of pyridine rings is 1. The van der Waals surface area contributed by atoms with Crippen molar-refractivity contribution in [3.8, 4) is 0 Å². The first kappa shape index (κ1) is 27.8. The maximum atomic E-state index is 13.8. The van der Waals surface area contributed by atoms with E-state index in [4.69, 9.17) is 23.2 Å². The number of piperazine rings is 1. The van der Waals surface area contributed by atoms with Crippen molar-refractivity contribution in [1.82, 2.24) is 20.1 Å². The first-order valence-electron chi connectivity index (χ1n) is 13.2. The summed E-state index contributed by atoms with van der Waals surface area (Å²) in [5.41, 5.74) is 2.00. The van der Waals surface area contributed by atoms with Gasteiger partial charge in [0.2, 0.25) is 0 Å². The molecule has 0 unspecified atom stereocenters. The van der Waals surface area contributed by atoms with Crippen molar-refractivity contribution < 1.29 is 15.0 Å². The average molecular weight is 577 g/mol. The monoisotopic (exact) mass is 575 g/mol. The number of carbonyl (C=O) groups excluding carboxylic acids is 1. The van der Waals surface area contributed by atoms with Gasteiger partial charge in [0, 0.05) is 52.9 Å². The minimum Gasteiger partial charge on any atom is -0.353 e. The Bertz CT molecular complexity index is 1320. The molecule has 3 heterocycles. The number of nitrogens with one attached hydrogen (secondary N) is 1. The number of aromatic nitrogens is 1. The third-order valence-corrected chi connectivity index (χ3v) is 8.09. The predicted octanol–water partition coefficient (Wildman–Crippen LogP) is 5.63. The molecule has 2 aromatic carbocycles. The van der Waals surface area contributed by atoms with E-state index in [1.807, 2.05) is 6.07 Å². The van der Waals surface area contributed by atoms with E-state index in [0.717, 1.165) is 64.2 Å². The zero-order chi connectivity index (χ0) is 27.4. The van der Waals surface area contributed by atoms with Crippen molar-refractivity contribution in [2.24, 2.45) is 0 Å². The highest BCUT2D eigenvalue weighted by molar-refractivity contribution is 6.33. The van der Waals surface area contributed by atoms with Crippen LogP contribution in [0.3, 0.4) is 0 Å². The van der Waals surface area contributed by atoms with Gasteiger partial charge in [-0.1, -0.05) is 41.4 Å². The Labute approximate surface area is 239 Å². The quantitative estimate of drug-likeness (QED) is 0.395. The molecule has 208 valence electrons. The molecule has 0 spiro atoms. The van der Waals surface area contributed by atoms with Crippen molar-refractivity contribution >= 4 is 34.9 Å². The van der Waals surface area contributed by atoms with Crippen molar-refractivity contribution in [3.63, 3.8) is 0 Å². The van der Waals surface area contributed by atoms with Gasteiger partial charge in [0.15, 0.2) is 0 Å². The van der Waals surface area contributed by atoms with Crippen LogP contribution in [0.4, 0.5) is 14.6 Å². The lowest BCUT2D eigenvalue weighted by Gasteiger charge is -2.43. The van der Waals surface area contributed by atoms with Crippen LogP contribution in [0.25, 0.3) is 0 Å². The Morgan fingerprint density at radius 1 is 0.949 bits per heavy atom. The van der Waals surface area contributed by atoms with Gasteiger partial charge in [-0.3, -0.25) is 14.6 Å². The molecule has 0 aliphatic carbocycles. The van der Waals surface area contributed by atoms with Crippen LogP contribution in [0, 0.1) is 11.6 Å². The number of rotatable bonds is 7. The zero-order valence-electron chi connectivity index (χ0n) is 21.6. The number of halogens is 4. The molecule has 1 aromatic heterocycles. The van der Waals surface area contributed by atoms with Crippen LogP contribution in [0.1, 0.15) is 35.8 Å². The van der Waals surface area contributed by atoms with E-state index in [9.17, 15) is 13.6 Å². The number of piperidine rings is 1. The normalized spacial score (nSPS) is 17.4. The van der Waals surface area contributed by atoms with E-state index in [-0.39, 0.29) is 30.5 Å². The Kier molecular flexibility index (Phi) is 8.97.